The summed E-state index contributed by atoms with van der Waals surface area (Å²) >= 11 is 0. The third kappa shape index (κ3) is 4.31. The Labute approximate surface area is 164 Å². The summed E-state index contributed by atoms with van der Waals surface area (Å²) in [6, 6.07) is 21.4. The molecule has 142 valence electrons. The molecule has 0 N–H and O–H groups in total. The number of ketones is 1. The number of benzene rings is 2. The molecule has 1 aliphatic rings. The Morgan fingerprint density at radius 2 is 1.44 bits per heavy atom. The maximum Gasteiger partial charge on any atom is 0.261 e. The average molecular weight is 379 g/mol. The summed E-state index contributed by atoms with van der Waals surface area (Å²) in [5.41, 5.74) is 1.24. The summed E-state index contributed by atoms with van der Waals surface area (Å²) in [6.45, 7) is 7.54. The van der Waals surface area contributed by atoms with Crippen molar-refractivity contribution >= 4 is 24.5 Å². The van der Waals surface area contributed by atoms with E-state index < -0.39 is 8.32 Å². The second-order valence-electron chi connectivity index (χ2n) is 8.38. The van der Waals surface area contributed by atoms with E-state index in [0.717, 1.165) is 19.3 Å². The summed E-state index contributed by atoms with van der Waals surface area (Å²) < 4.78 is 6.89. The first-order valence-corrected chi connectivity index (χ1v) is 11.8. The first-order chi connectivity index (χ1) is 12.9. The molecule has 2 aromatic carbocycles. The van der Waals surface area contributed by atoms with Gasteiger partial charge in [-0.25, -0.2) is 0 Å². The smallest absolute Gasteiger partial charge is 0.261 e. The second-order valence-corrected chi connectivity index (χ2v) is 12.7. The fourth-order valence-electron chi connectivity index (χ4n) is 4.16. The molecule has 1 aliphatic carbocycles. The van der Waals surface area contributed by atoms with Crippen LogP contribution in [0.1, 0.15) is 46.5 Å². The maximum atomic E-state index is 11.7. The molecule has 0 bridgehead atoms. The van der Waals surface area contributed by atoms with Crippen LogP contribution in [0, 0.1) is 0 Å². The van der Waals surface area contributed by atoms with Crippen LogP contribution in [0.25, 0.3) is 0 Å². The van der Waals surface area contributed by atoms with Crippen molar-refractivity contribution in [1.82, 2.24) is 0 Å². The molecule has 0 fully saturated rings. The van der Waals surface area contributed by atoms with Crippen LogP contribution in [0.15, 0.2) is 72.3 Å². The molecule has 2 aromatic rings. The minimum Gasteiger partial charge on any atom is -0.407 e. The van der Waals surface area contributed by atoms with Gasteiger partial charge in [0.15, 0.2) is 5.78 Å². The zero-order valence-electron chi connectivity index (χ0n) is 16.7. The monoisotopic (exact) mass is 378 g/mol. The summed E-state index contributed by atoms with van der Waals surface area (Å²) in [7, 11) is -2.46. The van der Waals surface area contributed by atoms with Crippen molar-refractivity contribution < 1.29 is 9.22 Å². The third-order valence-corrected chi connectivity index (χ3v) is 10.5. The SMILES string of the molecule is CC(C)(C)[Si](OCCC1=CC(=O)CCC1)(c1ccccc1)c1ccccc1. The zero-order valence-corrected chi connectivity index (χ0v) is 17.7. The number of hydrogen-bond acceptors (Lipinski definition) is 2. The number of allylic oxidation sites excluding steroid dienone is 1. The molecule has 0 amide bonds. The molecular weight excluding hydrogens is 348 g/mol. The minimum absolute atomic E-state index is 0.00747. The Kier molecular flexibility index (Phi) is 6.13. The van der Waals surface area contributed by atoms with Crippen LogP contribution in [0.2, 0.25) is 5.04 Å². The lowest BCUT2D eigenvalue weighted by molar-refractivity contribution is -0.115. The molecule has 0 aromatic heterocycles. The fourth-order valence-corrected chi connectivity index (χ4v) is 8.72. The molecule has 0 saturated carbocycles. The molecule has 3 heteroatoms. The van der Waals surface area contributed by atoms with Crippen molar-refractivity contribution in [3.8, 4) is 0 Å². The van der Waals surface area contributed by atoms with Crippen molar-refractivity contribution in [2.24, 2.45) is 0 Å². The van der Waals surface area contributed by atoms with Gasteiger partial charge in [-0.3, -0.25) is 4.79 Å². The fraction of sp³-hybridized carbons (Fsp3) is 0.375. The molecule has 27 heavy (non-hydrogen) atoms. The summed E-state index contributed by atoms with van der Waals surface area (Å²) in [5.74, 6) is 0.265. The van der Waals surface area contributed by atoms with Gasteiger partial charge in [0.2, 0.25) is 0 Å². The van der Waals surface area contributed by atoms with Crippen LogP contribution in [-0.4, -0.2) is 20.7 Å². The van der Waals surface area contributed by atoms with Gasteiger partial charge >= 0.3 is 0 Å². The van der Waals surface area contributed by atoms with Gasteiger partial charge in [0.25, 0.3) is 8.32 Å². The minimum atomic E-state index is -2.46. The van der Waals surface area contributed by atoms with E-state index in [9.17, 15) is 4.79 Å². The lowest BCUT2D eigenvalue weighted by Crippen LogP contribution is -2.66. The zero-order chi connectivity index (χ0) is 19.3. The Bertz CT molecular complexity index is 749. The molecule has 2 nitrogen and oxygen atoms in total. The van der Waals surface area contributed by atoms with E-state index in [2.05, 4.69) is 81.4 Å². The number of hydrogen-bond donors (Lipinski definition) is 0. The van der Waals surface area contributed by atoms with E-state index in [1.54, 1.807) is 0 Å². The van der Waals surface area contributed by atoms with Crippen LogP contribution < -0.4 is 10.4 Å². The summed E-state index contributed by atoms with van der Waals surface area (Å²) in [4.78, 5) is 11.7. The molecule has 3 rings (SSSR count). The second kappa shape index (κ2) is 8.36. The van der Waals surface area contributed by atoms with Gasteiger partial charge in [-0.1, -0.05) is 87.0 Å². The Morgan fingerprint density at radius 3 is 1.93 bits per heavy atom. The molecule has 0 saturated heterocycles. The van der Waals surface area contributed by atoms with Gasteiger partial charge in [0.05, 0.1) is 0 Å². The molecular formula is C24H30O2Si. The lowest BCUT2D eigenvalue weighted by Gasteiger charge is -2.43. The van der Waals surface area contributed by atoms with Gasteiger partial charge in [-0.05, 0) is 40.8 Å². The quantitative estimate of drug-likeness (QED) is 0.685. The number of carbonyl (C=O) groups is 1. The Morgan fingerprint density at radius 1 is 0.889 bits per heavy atom. The highest BCUT2D eigenvalue weighted by atomic mass is 28.4. The predicted octanol–water partition coefficient (Wildman–Crippen LogP) is 4.63. The van der Waals surface area contributed by atoms with Gasteiger partial charge in [0, 0.05) is 13.0 Å². The van der Waals surface area contributed by atoms with E-state index in [-0.39, 0.29) is 10.8 Å². The largest absolute Gasteiger partial charge is 0.407 e. The lowest BCUT2D eigenvalue weighted by atomic mass is 9.97. The van der Waals surface area contributed by atoms with E-state index in [4.69, 9.17) is 4.43 Å². The molecule has 0 atom stereocenters. The first-order valence-electron chi connectivity index (χ1n) is 9.91. The van der Waals surface area contributed by atoms with Crippen molar-refractivity contribution in [3.63, 3.8) is 0 Å². The van der Waals surface area contributed by atoms with Gasteiger partial charge in [-0.15, -0.1) is 0 Å². The highest BCUT2D eigenvalue weighted by Gasteiger charge is 2.49. The Balaban J connectivity index is 1.95. The van der Waals surface area contributed by atoms with E-state index in [0.29, 0.717) is 13.0 Å². The molecule has 0 aliphatic heterocycles. The molecule has 0 unspecified atom stereocenters. The maximum absolute atomic E-state index is 11.7. The number of rotatable bonds is 6. The van der Waals surface area contributed by atoms with Crippen molar-refractivity contribution in [2.45, 2.75) is 51.5 Å². The van der Waals surface area contributed by atoms with Crippen LogP contribution in [0.4, 0.5) is 0 Å². The van der Waals surface area contributed by atoms with E-state index in [1.807, 2.05) is 6.08 Å². The highest BCUT2D eigenvalue weighted by Crippen LogP contribution is 2.37. The summed E-state index contributed by atoms with van der Waals surface area (Å²) in [5, 5.41) is 2.60. The van der Waals surface area contributed by atoms with Gasteiger partial charge < -0.3 is 4.43 Å². The van der Waals surface area contributed by atoms with Crippen LogP contribution in [-0.2, 0) is 9.22 Å². The topological polar surface area (TPSA) is 26.3 Å². The van der Waals surface area contributed by atoms with E-state index in [1.165, 1.54) is 15.9 Å². The van der Waals surface area contributed by atoms with Crippen molar-refractivity contribution in [3.05, 3.63) is 72.3 Å². The van der Waals surface area contributed by atoms with E-state index >= 15 is 0 Å². The van der Waals surface area contributed by atoms with Gasteiger partial charge in [0.1, 0.15) is 0 Å². The molecule has 0 radical (unpaired) electrons. The number of carbonyl (C=O) groups excluding carboxylic acids is 1. The predicted molar refractivity (Wildman–Crippen MR) is 115 cm³/mol. The average Bonchev–Trinajstić information content (AvgIpc) is 2.66. The standard InChI is InChI=1S/C24H30O2Si/c1-24(2,3)27(22-13-6-4-7-14-22,23-15-8-5-9-16-23)26-18-17-20-11-10-12-21(25)19-20/h4-9,13-16,19H,10-12,17-18H2,1-3H3. The van der Waals surface area contributed by atoms with Crippen LogP contribution in [0.5, 0.6) is 0 Å². The molecule has 0 heterocycles. The third-order valence-electron chi connectivity index (χ3n) is 5.44. The van der Waals surface area contributed by atoms with Crippen LogP contribution >= 0.6 is 0 Å². The normalized spacial score (nSPS) is 15.5. The first kappa shape index (κ1) is 19.8. The molecule has 0 spiro atoms. The summed E-state index contributed by atoms with van der Waals surface area (Å²) in [6.07, 6.45) is 5.38. The van der Waals surface area contributed by atoms with Crippen molar-refractivity contribution in [1.29, 1.82) is 0 Å². The highest BCUT2D eigenvalue weighted by molar-refractivity contribution is 6.99. The Hall–Kier alpha value is -1.97. The van der Waals surface area contributed by atoms with Gasteiger partial charge in [-0.2, -0.15) is 0 Å². The van der Waals surface area contributed by atoms with Crippen molar-refractivity contribution in [2.75, 3.05) is 6.61 Å². The van der Waals surface area contributed by atoms with Crippen LogP contribution in [0.3, 0.4) is 0 Å².